The van der Waals surface area contributed by atoms with Crippen LogP contribution < -0.4 is 10.6 Å². The van der Waals surface area contributed by atoms with Gasteiger partial charge in [0.1, 0.15) is 0 Å². The van der Waals surface area contributed by atoms with E-state index < -0.39 is 0 Å². The van der Waals surface area contributed by atoms with Crippen molar-refractivity contribution in [1.29, 1.82) is 0 Å². The van der Waals surface area contributed by atoms with Crippen molar-refractivity contribution in [3.8, 4) is 0 Å². The van der Waals surface area contributed by atoms with Crippen LogP contribution >= 0.6 is 11.3 Å². The fraction of sp³-hybridized carbons (Fsp3) is 0.615. The molecule has 4 heteroatoms. The molecule has 2 atom stereocenters. The largest absolute Gasteiger partial charge is 0.352 e. The summed E-state index contributed by atoms with van der Waals surface area (Å²) in [5, 5.41) is 10.6. The number of carbonyl (C=O) groups is 1. The topological polar surface area (TPSA) is 41.1 Å². The first-order valence-corrected chi connectivity index (χ1v) is 7.25. The Balaban J connectivity index is 1.77. The van der Waals surface area contributed by atoms with Crippen LogP contribution in [0.15, 0.2) is 16.8 Å². The van der Waals surface area contributed by atoms with Crippen LogP contribution in [0.25, 0.3) is 0 Å². The minimum Gasteiger partial charge on any atom is -0.352 e. The van der Waals surface area contributed by atoms with E-state index in [9.17, 15) is 4.79 Å². The minimum atomic E-state index is 0.0219. The van der Waals surface area contributed by atoms with Crippen LogP contribution in [0.5, 0.6) is 0 Å². The van der Waals surface area contributed by atoms with Crippen LogP contribution in [0.1, 0.15) is 31.7 Å². The lowest BCUT2D eigenvalue weighted by Gasteiger charge is -2.24. The Hall–Kier alpha value is -0.870. The Kier molecular flexibility index (Phi) is 4.57. The zero-order valence-electron chi connectivity index (χ0n) is 10.2. The van der Waals surface area contributed by atoms with E-state index in [1.54, 1.807) is 11.3 Å². The molecule has 1 aromatic heterocycles. The Bertz CT molecular complexity index is 344. The summed E-state index contributed by atoms with van der Waals surface area (Å²) in [6.07, 6.45) is 4.23. The summed E-state index contributed by atoms with van der Waals surface area (Å²) in [7, 11) is 0. The molecule has 0 saturated carbocycles. The second-order valence-corrected chi connectivity index (χ2v) is 5.53. The molecule has 2 N–H and O–H groups in total. The molecule has 0 aliphatic carbocycles. The second kappa shape index (κ2) is 6.17. The highest BCUT2D eigenvalue weighted by molar-refractivity contribution is 7.07. The van der Waals surface area contributed by atoms with Gasteiger partial charge in [0.05, 0.1) is 6.04 Å². The zero-order valence-corrected chi connectivity index (χ0v) is 11.1. The van der Waals surface area contributed by atoms with Crippen molar-refractivity contribution in [2.75, 3.05) is 6.54 Å². The Morgan fingerprint density at radius 1 is 1.65 bits per heavy atom. The number of amides is 1. The summed E-state index contributed by atoms with van der Waals surface area (Å²) in [5.74, 6) is 0.160. The molecule has 94 valence electrons. The van der Waals surface area contributed by atoms with E-state index in [4.69, 9.17) is 0 Å². The molecule has 1 unspecified atom stereocenters. The molecule has 1 saturated heterocycles. The maximum Gasteiger partial charge on any atom is 0.237 e. The number of rotatable bonds is 4. The summed E-state index contributed by atoms with van der Waals surface area (Å²) >= 11 is 1.70. The molecule has 17 heavy (non-hydrogen) atoms. The first-order chi connectivity index (χ1) is 8.25. The smallest absolute Gasteiger partial charge is 0.237 e. The van der Waals surface area contributed by atoms with E-state index in [2.05, 4.69) is 34.4 Å². The molecule has 2 heterocycles. The van der Waals surface area contributed by atoms with Gasteiger partial charge < -0.3 is 10.6 Å². The first-order valence-electron chi connectivity index (χ1n) is 6.30. The van der Waals surface area contributed by atoms with E-state index in [0.29, 0.717) is 0 Å². The molecular weight excluding hydrogens is 232 g/mol. The fourth-order valence-electron chi connectivity index (χ4n) is 2.23. The normalized spacial score (nSPS) is 22.1. The van der Waals surface area contributed by atoms with Crippen LogP contribution in [-0.4, -0.2) is 24.5 Å². The van der Waals surface area contributed by atoms with Crippen molar-refractivity contribution in [2.24, 2.45) is 0 Å². The molecule has 1 aliphatic rings. The Morgan fingerprint density at radius 3 is 3.18 bits per heavy atom. The molecule has 2 rings (SSSR count). The van der Waals surface area contributed by atoms with Gasteiger partial charge >= 0.3 is 0 Å². The fourth-order valence-corrected chi connectivity index (χ4v) is 2.91. The number of thiophene rings is 1. The first kappa shape index (κ1) is 12.6. The molecule has 0 aromatic carbocycles. The van der Waals surface area contributed by atoms with Crippen LogP contribution in [0.2, 0.25) is 0 Å². The standard InChI is InChI=1S/C13H20N2OS/c1-10(8-11-5-7-17-9-11)15-13(16)12-4-2-3-6-14-12/h5,7,9-10,12,14H,2-4,6,8H2,1H3,(H,15,16)/t10?,12-/m1/s1. The van der Waals surface area contributed by atoms with Crippen molar-refractivity contribution < 1.29 is 4.79 Å². The van der Waals surface area contributed by atoms with Crippen molar-refractivity contribution in [1.82, 2.24) is 10.6 Å². The summed E-state index contributed by atoms with van der Waals surface area (Å²) in [4.78, 5) is 12.0. The Morgan fingerprint density at radius 2 is 2.53 bits per heavy atom. The highest BCUT2D eigenvalue weighted by atomic mass is 32.1. The molecular formula is C13H20N2OS. The molecule has 1 aliphatic heterocycles. The van der Waals surface area contributed by atoms with E-state index in [1.165, 1.54) is 12.0 Å². The van der Waals surface area contributed by atoms with Crippen molar-refractivity contribution in [3.63, 3.8) is 0 Å². The predicted octanol–water partition coefficient (Wildman–Crippen LogP) is 1.94. The lowest BCUT2D eigenvalue weighted by Crippen LogP contribution is -2.49. The number of carbonyl (C=O) groups excluding carboxylic acids is 1. The van der Waals surface area contributed by atoms with Gasteiger partial charge in [-0.25, -0.2) is 0 Å². The predicted molar refractivity (Wildman–Crippen MR) is 71.3 cm³/mol. The van der Waals surface area contributed by atoms with Gasteiger partial charge in [-0.3, -0.25) is 4.79 Å². The van der Waals surface area contributed by atoms with Crippen molar-refractivity contribution >= 4 is 17.2 Å². The van der Waals surface area contributed by atoms with Gasteiger partial charge in [-0.2, -0.15) is 11.3 Å². The van der Waals surface area contributed by atoms with E-state index in [-0.39, 0.29) is 18.0 Å². The SMILES string of the molecule is CC(Cc1ccsc1)NC(=O)[C@H]1CCCCN1. The maximum atomic E-state index is 12.0. The second-order valence-electron chi connectivity index (χ2n) is 4.75. The van der Waals surface area contributed by atoms with Gasteiger partial charge in [-0.1, -0.05) is 6.42 Å². The molecule has 0 radical (unpaired) electrons. The third-order valence-corrected chi connectivity index (χ3v) is 3.87. The molecule has 0 spiro atoms. The van der Waals surface area contributed by atoms with Crippen LogP contribution in [-0.2, 0) is 11.2 Å². The van der Waals surface area contributed by atoms with Gasteiger partial charge in [0.25, 0.3) is 0 Å². The van der Waals surface area contributed by atoms with Gasteiger partial charge in [0.15, 0.2) is 0 Å². The van der Waals surface area contributed by atoms with Crippen LogP contribution in [0.4, 0.5) is 0 Å². The average Bonchev–Trinajstić information content (AvgIpc) is 2.82. The van der Waals surface area contributed by atoms with E-state index >= 15 is 0 Å². The third kappa shape index (κ3) is 3.82. The molecule has 1 fully saturated rings. The number of piperidine rings is 1. The monoisotopic (exact) mass is 252 g/mol. The molecule has 0 bridgehead atoms. The summed E-state index contributed by atoms with van der Waals surface area (Å²) < 4.78 is 0. The molecule has 1 amide bonds. The highest BCUT2D eigenvalue weighted by Gasteiger charge is 2.21. The molecule has 1 aromatic rings. The van der Waals surface area contributed by atoms with Crippen LogP contribution in [0, 0.1) is 0 Å². The quantitative estimate of drug-likeness (QED) is 0.860. The average molecular weight is 252 g/mol. The molecule has 3 nitrogen and oxygen atoms in total. The van der Waals surface area contributed by atoms with Gasteiger partial charge in [0.2, 0.25) is 5.91 Å². The third-order valence-electron chi connectivity index (χ3n) is 3.14. The van der Waals surface area contributed by atoms with E-state index in [1.807, 2.05) is 0 Å². The summed E-state index contributed by atoms with van der Waals surface area (Å²) in [6.45, 7) is 3.04. The minimum absolute atomic E-state index is 0.0219. The van der Waals surface area contributed by atoms with Crippen molar-refractivity contribution in [2.45, 2.75) is 44.7 Å². The number of hydrogen-bond donors (Lipinski definition) is 2. The van der Waals surface area contributed by atoms with Gasteiger partial charge in [-0.05, 0) is 55.1 Å². The highest BCUT2D eigenvalue weighted by Crippen LogP contribution is 2.10. The van der Waals surface area contributed by atoms with E-state index in [0.717, 1.165) is 25.8 Å². The Labute approximate surface area is 107 Å². The summed E-state index contributed by atoms with van der Waals surface area (Å²) in [5.41, 5.74) is 1.31. The maximum absolute atomic E-state index is 12.0. The lowest BCUT2D eigenvalue weighted by atomic mass is 10.0. The number of nitrogens with one attached hydrogen (secondary N) is 2. The van der Waals surface area contributed by atoms with Crippen molar-refractivity contribution in [3.05, 3.63) is 22.4 Å². The lowest BCUT2D eigenvalue weighted by molar-refractivity contribution is -0.124. The van der Waals surface area contributed by atoms with Gasteiger partial charge in [-0.15, -0.1) is 0 Å². The summed E-state index contributed by atoms with van der Waals surface area (Å²) in [6, 6.07) is 2.35. The zero-order chi connectivity index (χ0) is 12.1. The van der Waals surface area contributed by atoms with Crippen LogP contribution in [0.3, 0.4) is 0 Å². The van der Waals surface area contributed by atoms with Gasteiger partial charge in [0, 0.05) is 6.04 Å². The number of hydrogen-bond acceptors (Lipinski definition) is 3.